The van der Waals surface area contributed by atoms with E-state index in [-0.39, 0.29) is 10.6 Å². The summed E-state index contributed by atoms with van der Waals surface area (Å²) in [6, 6.07) is 4.87. The molecule has 0 fully saturated rings. The zero-order valence-electron chi connectivity index (χ0n) is 11.3. The fourth-order valence-corrected chi connectivity index (χ4v) is 3.43. The minimum Gasteiger partial charge on any atom is -0.397 e. The van der Waals surface area contributed by atoms with Gasteiger partial charge in [0.05, 0.1) is 5.69 Å². The Morgan fingerprint density at radius 3 is 2.60 bits per heavy atom. The Bertz CT molecular complexity index is 724. The van der Waals surface area contributed by atoms with Crippen molar-refractivity contribution in [3.63, 3.8) is 0 Å². The van der Waals surface area contributed by atoms with Gasteiger partial charge in [0.25, 0.3) is 0 Å². The van der Waals surface area contributed by atoms with Gasteiger partial charge in [-0.15, -0.1) is 5.10 Å². The molecule has 0 saturated carbocycles. The van der Waals surface area contributed by atoms with E-state index in [9.17, 15) is 8.42 Å². The van der Waals surface area contributed by atoms with Crippen LogP contribution in [-0.2, 0) is 10.0 Å². The highest BCUT2D eigenvalue weighted by molar-refractivity contribution is 7.99. The smallest absolute Gasteiger partial charge is 0.244 e. The molecule has 0 spiro atoms. The van der Waals surface area contributed by atoms with E-state index in [0.717, 1.165) is 4.31 Å². The lowest BCUT2D eigenvalue weighted by atomic mass is 10.3. The number of hydrogen-bond donors (Lipinski definition) is 2. The molecule has 0 aliphatic heterocycles. The minimum absolute atomic E-state index is 0.0831. The summed E-state index contributed by atoms with van der Waals surface area (Å²) in [5.74, 6) is 0.683. The highest BCUT2D eigenvalue weighted by Gasteiger charge is 2.22. The van der Waals surface area contributed by atoms with Crippen LogP contribution < -0.4 is 5.73 Å². The van der Waals surface area contributed by atoms with Crippen LogP contribution in [0, 0.1) is 6.92 Å². The number of aryl methyl sites for hydroxylation is 1. The Morgan fingerprint density at radius 2 is 2.05 bits per heavy atom. The predicted molar refractivity (Wildman–Crippen MR) is 77.0 cm³/mol. The number of aromatic amines is 1. The number of aromatic nitrogens is 3. The summed E-state index contributed by atoms with van der Waals surface area (Å²) in [5, 5.41) is 7.21. The van der Waals surface area contributed by atoms with Crippen molar-refractivity contribution in [2.75, 3.05) is 19.8 Å². The number of nitrogen functional groups attached to an aromatic ring is 1. The van der Waals surface area contributed by atoms with Crippen molar-refractivity contribution in [1.82, 2.24) is 19.5 Å². The van der Waals surface area contributed by atoms with Gasteiger partial charge in [0.2, 0.25) is 15.2 Å². The maximum absolute atomic E-state index is 12.2. The molecule has 0 amide bonds. The molecule has 2 rings (SSSR count). The molecule has 20 heavy (non-hydrogen) atoms. The third kappa shape index (κ3) is 2.79. The minimum atomic E-state index is -3.57. The van der Waals surface area contributed by atoms with Crippen molar-refractivity contribution in [3.8, 4) is 0 Å². The largest absolute Gasteiger partial charge is 0.397 e. The van der Waals surface area contributed by atoms with Gasteiger partial charge < -0.3 is 5.73 Å². The van der Waals surface area contributed by atoms with Crippen molar-refractivity contribution in [2.45, 2.75) is 21.9 Å². The van der Waals surface area contributed by atoms with E-state index in [1.165, 1.54) is 31.9 Å². The molecule has 1 heterocycles. The van der Waals surface area contributed by atoms with Gasteiger partial charge in [0.1, 0.15) is 10.7 Å². The van der Waals surface area contributed by atoms with Gasteiger partial charge in [-0.25, -0.2) is 17.7 Å². The summed E-state index contributed by atoms with van der Waals surface area (Å²) in [6.45, 7) is 1.79. The molecule has 0 atom stereocenters. The van der Waals surface area contributed by atoms with Gasteiger partial charge >= 0.3 is 0 Å². The maximum atomic E-state index is 12.2. The summed E-state index contributed by atoms with van der Waals surface area (Å²) in [5.41, 5.74) is 6.17. The monoisotopic (exact) mass is 313 g/mol. The average Bonchev–Trinajstić information content (AvgIpc) is 2.77. The Hall–Kier alpha value is -1.58. The van der Waals surface area contributed by atoms with Crippen LogP contribution in [-0.4, -0.2) is 42.0 Å². The lowest BCUT2D eigenvalue weighted by molar-refractivity contribution is 0.521. The van der Waals surface area contributed by atoms with E-state index in [2.05, 4.69) is 15.2 Å². The van der Waals surface area contributed by atoms with Crippen LogP contribution in [0.4, 0.5) is 5.69 Å². The number of hydrogen-bond acceptors (Lipinski definition) is 6. The summed E-state index contributed by atoms with van der Waals surface area (Å²) in [4.78, 5) is 4.84. The van der Waals surface area contributed by atoms with Crippen molar-refractivity contribution in [1.29, 1.82) is 0 Å². The Labute approximate surface area is 121 Å². The lowest BCUT2D eigenvalue weighted by Crippen LogP contribution is -2.23. The molecule has 9 heteroatoms. The molecule has 1 aromatic heterocycles. The molecule has 0 saturated heterocycles. The molecular formula is C11H15N5O2S2. The normalized spacial score (nSPS) is 12.0. The fraction of sp³-hybridized carbons (Fsp3) is 0.273. The van der Waals surface area contributed by atoms with Gasteiger partial charge in [-0.1, -0.05) is 6.07 Å². The number of benzene rings is 1. The number of nitrogens with one attached hydrogen (secondary N) is 1. The van der Waals surface area contributed by atoms with E-state index in [1.54, 1.807) is 19.1 Å². The zero-order chi connectivity index (χ0) is 14.9. The van der Waals surface area contributed by atoms with E-state index in [0.29, 0.717) is 15.9 Å². The highest BCUT2D eigenvalue weighted by atomic mass is 32.2. The molecule has 0 radical (unpaired) electrons. The molecule has 2 aromatic rings. The molecule has 0 aliphatic rings. The van der Waals surface area contributed by atoms with Crippen molar-refractivity contribution < 1.29 is 8.42 Å². The van der Waals surface area contributed by atoms with Crippen LogP contribution >= 0.6 is 11.8 Å². The van der Waals surface area contributed by atoms with Crippen molar-refractivity contribution in [2.24, 2.45) is 0 Å². The highest BCUT2D eigenvalue weighted by Crippen LogP contribution is 2.34. The number of nitrogens with two attached hydrogens (primary N) is 1. The molecule has 7 nitrogen and oxygen atoms in total. The average molecular weight is 313 g/mol. The van der Waals surface area contributed by atoms with Gasteiger partial charge in [-0.2, -0.15) is 0 Å². The van der Waals surface area contributed by atoms with Crippen molar-refractivity contribution in [3.05, 3.63) is 24.0 Å². The van der Waals surface area contributed by atoms with Gasteiger partial charge in [-0.05, 0) is 30.8 Å². The lowest BCUT2D eigenvalue weighted by Gasteiger charge is -2.14. The van der Waals surface area contributed by atoms with Crippen LogP contribution in [0.2, 0.25) is 0 Å². The predicted octanol–water partition coefficient (Wildman–Crippen LogP) is 1.10. The Balaban J connectivity index is 2.42. The second kappa shape index (κ2) is 5.43. The van der Waals surface area contributed by atoms with E-state index in [1.807, 2.05) is 0 Å². The fourth-order valence-electron chi connectivity index (χ4n) is 1.50. The first-order chi connectivity index (χ1) is 9.32. The second-order valence-corrected chi connectivity index (χ2v) is 7.39. The molecule has 0 aliphatic carbocycles. The van der Waals surface area contributed by atoms with Crippen LogP contribution in [0.5, 0.6) is 0 Å². The topological polar surface area (TPSA) is 105 Å². The molecule has 1 aromatic carbocycles. The SMILES string of the molecule is Cc1nc(Sc2cccc(S(=O)(=O)N(C)C)c2N)n[nH]1. The van der Waals surface area contributed by atoms with Crippen LogP contribution in [0.1, 0.15) is 5.82 Å². The van der Waals surface area contributed by atoms with E-state index in [4.69, 9.17) is 5.73 Å². The van der Waals surface area contributed by atoms with Gasteiger partial charge in [0, 0.05) is 19.0 Å². The third-order valence-electron chi connectivity index (χ3n) is 2.56. The number of sulfonamides is 1. The first-order valence-electron chi connectivity index (χ1n) is 5.70. The van der Waals surface area contributed by atoms with E-state index >= 15 is 0 Å². The van der Waals surface area contributed by atoms with Crippen LogP contribution in [0.25, 0.3) is 0 Å². The van der Waals surface area contributed by atoms with Crippen LogP contribution in [0.15, 0.2) is 33.1 Å². The number of H-pyrrole nitrogens is 1. The van der Waals surface area contributed by atoms with Crippen LogP contribution in [0.3, 0.4) is 0 Å². The first kappa shape index (κ1) is 14.8. The maximum Gasteiger partial charge on any atom is 0.244 e. The zero-order valence-corrected chi connectivity index (χ0v) is 12.9. The van der Waals surface area contributed by atoms with Gasteiger partial charge in [-0.3, -0.25) is 5.10 Å². The van der Waals surface area contributed by atoms with Crippen molar-refractivity contribution >= 4 is 27.5 Å². The third-order valence-corrected chi connectivity index (χ3v) is 5.38. The number of rotatable bonds is 4. The number of nitrogens with zero attached hydrogens (tertiary/aromatic N) is 3. The summed E-state index contributed by atoms with van der Waals surface area (Å²) in [6.07, 6.45) is 0. The summed E-state index contributed by atoms with van der Waals surface area (Å²) < 4.78 is 25.5. The second-order valence-electron chi connectivity index (χ2n) is 4.26. The summed E-state index contributed by atoms with van der Waals surface area (Å²) in [7, 11) is -0.640. The molecule has 108 valence electrons. The molecule has 0 unspecified atom stereocenters. The summed E-state index contributed by atoms with van der Waals surface area (Å²) >= 11 is 1.22. The first-order valence-corrected chi connectivity index (χ1v) is 7.96. The molecule has 0 bridgehead atoms. The number of para-hydroxylation sites is 1. The molecule has 3 N–H and O–H groups in total. The number of anilines is 1. The Kier molecular flexibility index (Phi) is 4.02. The Morgan fingerprint density at radius 1 is 1.35 bits per heavy atom. The quantitative estimate of drug-likeness (QED) is 0.819. The van der Waals surface area contributed by atoms with Gasteiger partial charge in [0.15, 0.2) is 0 Å². The standard InChI is InChI=1S/C11H15N5O2S2/c1-7-13-11(15-14-7)19-8-5-4-6-9(10(8)12)20(17,18)16(2)3/h4-6H,12H2,1-3H3,(H,13,14,15). The molecular weight excluding hydrogens is 298 g/mol. The van der Waals surface area contributed by atoms with E-state index < -0.39 is 10.0 Å².